The van der Waals surface area contributed by atoms with Gasteiger partial charge in [0.2, 0.25) is 0 Å². The molecule has 0 aromatic rings. The molecule has 0 radical (unpaired) electrons. The molecule has 0 atom stereocenters. The molecule has 0 bridgehead atoms. The van der Waals surface area contributed by atoms with Crippen LogP contribution in [0.5, 0.6) is 0 Å². The van der Waals surface area contributed by atoms with Crippen molar-refractivity contribution in [3.63, 3.8) is 0 Å². The zero-order valence-electron chi connectivity index (χ0n) is 18.1. The molecule has 25 heavy (non-hydrogen) atoms. The van der Waals surface area contributed by atoms with Crippen LogP contribution in [0.15, 0.2) is 0 Å². The van der Waals surface area contributed by atoms with Gasteiger partial charge in [-0.05, 0) is 0 Å². The van der Waals surface area contributed by atoms with Crippen LogP contribution in [0.4, 0.5) is 0 Å². The molecule has 0 amide bonds. The number of hydrogen-bond donors (Lipinski definition) is 0. The molecule has 3 heteroatoms. The van der Waals surface area contributed by atoms with Crippen molar-refractivity contribution in [3.05, 3.63) is 0 Å². The van der Waals surface area contributed by atoms with E-state index in [1.807, 2.05) is 0 Å². The Morgan fingerprint density at radius 2 is 0.920 bits per heavy atom. The summed E-state index contributed by atoms with van der Waals surface area (Å²) in [6, 6.07) is 0. The molecule has 0 aliphatic rings. The molecule has 152 valence electrons. The van der Waals surface area contributed by atoms with Crippen LogP contribution in [-0.2, 0) is 9.32 Å². The fourth-order valence-corrected chi connectivity index (χ4v) is 4.00. The van der Waals surface area contributed by atoms with Gasteiger partial charge in [-0.25, -0.2) is 0 Å². The normalized spacial score (nSPS) is 13.4. The summed E-state index contributed by atoms with van der Waals surface area (Å²) < 4.78 is 5.64. The molecular weight excluding hydrogens is 327 g/mol. The van der Waals surface area contributed by atoms with Crippen LogP contribution in [0.3, 0.4) is 0 Å². The molecule has 0 aromatic carbocycles. The van der Waals surface area contributed by atoms with E-state index in [9.17, 15) is 4.79 Å². The molecule has 0 spiro atoms. The Labute approximate surface area is 158 Å². The van der Waals surface area contributed by atoms with Gasteiger partial charge in [-0.1, -0.05) is 45.4 Å². The van der Waals surface area contributed by atoms with Gasteiger partial charge in [0.25, 0.3) is 0 Å². The van der Waals surface area contributed by atoms with E-state index in [2.05, 4.69) is 33.6 Å². The van der Waals surface area contributed by atoms with E-state index >= 15 is 0 Å². The van der Waals surface area contributed by atoms with Crippen LogP contribution in [0, 0.1) is 0 Å². The van der Waals surface area contributed by atoms with Gasteiger partial charge in [-0.3, -0.25) is 0 Å². The second-order valence-corrected chi connectivity index (χ2v) is 16.6. The molecule has 0 N–H and O–H groups in total. The summed E-state index contributed by atoms with van der Waals surface area (Å²) in [5.74, 6) is 0.00219. The molecule has 2 nitrogen and oxygen atoms in total. The van der Waals surface area contributed by atoms with Gasteiger partial charge in [0.15, 0.2) is 0 Å². The van der Waals surface area contributed by atoms with Crippen molar-refractivity contribution in [1.82, 2.24) is 0 Å². The summed E-state index contributed by atoms with van der Waals surface area (Å²) >= 11 is 0. The fraction of sp³-hybridized carbons (Fsp3) is 0.955. The van der Waals surface area contributed by atoms with Gasteiger partial charge in [0, 0.05) is 0 Å². The van der Waals surface area contributed by atoms with Crippen LogP contribution in [-0.4, -0.2) is 32.6 Å². The van der Waals surface area contributed by atoms with Gasteiger partial charge in [0.05, 0.1) is 0 Å². The van der Waals surface area contributed by atoms with Crippen molar-refractivity contribution >= 4 is 12.8 Å². The van der Waals surface area contributed by atoms with Crippen molar-refractivity contribution in [1.29, 1.82) is 0 Å². The molecule has 0 aromatic heterocycles. The van der Waals surface area contributed by atoms with Gasteiger partial charge in [0.1, 0.15) is 0 Å². The Kier molecular flexibility index (Phi) is 14.0. The summed E-state index contributed by atoms with van der Waals surface area (Å²) in [7, 11) is 0. The zero-order chi connectivity index (χ0) is 19.0. The van der Waals surface area contributed by atoms with Crippen LogP contribution in [0.1, 0.15) is 110 Å². The van der Waals surface area contributed by atoms with E-state index in [0.717, 1.165) is 6.42 Å². The first-order valence-corrected chi connectivity index (χ1v) is 14.9. The van der Waals surface area contributed by atoms with Crippen LogP contribution >= 0.6 is 6.83 Å². The predicted octanol–water partition coefficient (Wildman–Crippen LogP) is 7.78. The van der Waals surface area contributed by atoms with Crippen LogP contribution in [0.25, 0.3) is 0 Å². The van der Waals surface area contributed by atoms with Crippen molar-refractivity contribution in [3.8, 4) is 0 Å². The number of rotatable bonds is 17. The van der Waals surface area contributed by atoms with Crippen molar-refractivity contribution in [2.24, 2.45) is 0 Å². The first kappa shape index (κ1) is 24.9. The minimum atomic E-state index is -2.14. The quantitative estimate of drug-likeness (QED) is 0.192. The van der Waals surface area contributed by atoms with Crippen molar-refractivity contribution in [2.45, 2.75) is 110 Å². The molecule has 0 aliphatic carbocycles. The van der Waals surface area contributed by atoms with E-state index in [0.29, 0.717) is 6.42 Å². The summed E-state index contributed by atoms with van der Waals surface area (Å²) in [6.07, 6.45) is 20.9. The zero-order valence-corrected chi connectivity index (χ0v) is 19.0. The van der Waals surface area contributed by atoms with Crippen molar-refractivity contribution in [2.75, 3.05) is 26.7 Å². The number of carbonyl (C=O) groups is 1. The maximum absolute atomic E-state index is 11.8. The first-order valence-electron chi connectivity index (χ1n) is 10.9. The van der Waals surface area contributed by atoms with Crippen LogP contribution in [0.2, 0.25) is 0 Å². The SMILES string of the molecule is CCCCCCCCCCCCCCCCCC(=O)OP(C)(C)(C)C. The van der Waals surface area contributed by atoms with Gasteiger partial charge < -0.3 is 0 Å². The Bertz CT molecular complexity index is 321. The topological polar surface area (TPSA) is 26.3 Å². The second-order valence-electron chi connectivity index (χ2n) is 9.58. The Hall–Kier alpha value is -0.100. The van der Waals surface area contributed by atoms with Crippen molar-refractivity contribution < 1.29 is 9.32 Å². The van der Waals surface area contributed by atoms with E-state index in [-0.39, 0.29) is 5.97 Å². The maximum atomic E-state index is 11.8. The molecule has 0 saturated carbocycles. The predicted molar refractivity (Wildman–Crippen MR) is 116 cm³/mol. The molecule has 0 saturated heterocycles. The van der Waals surface area contributed by atoms with Gasteiger partial charge in [-0.15, -0.1) is 0 Å². The summed E-state index contributed by atoms with van der Waals surface area (Å²) in [4.78, 5) is 11.8. The number of unbranched alkanes of at least 4 members (excludes halogenated alkanes) is 14. The molecule has 0 unspecified atom stereocenters. The number of hydrogen-bond acceptors (Lipinski definition) is 2. The number of carbonyl (C=O) groups excluding carboxylic acids is 1. The Morgan fingerprint density at radius 3 is 1.24 bits per heavy atom. The molecule has 0 fully saturated rings. The third-order valence-corrected chi connectivity index (χ3v) is 5.39. The Morgan fingerprint density at radius 1 is 0.600 bits per heavy atom. The molecule has 0 aliphatic heterocycles. The summed E-state index contributed by atoms with van der Waals surface area (Å²) in [6.45, 7) is 8.46. The molecular formula is C22H47O2P. The second kappa shape index (κ2) is 14.0. The first-order chi connectivity index (χ1) is 11.7. The van der Waals surface area contributed by atoms with Crippen LogP contribution < -0.4 is 0 Å². The minimum absolute atomic E-state index is 0.00219. The van der Waals surface area contributed by atoms with E-state index in [1.54, 1.807) is 0 Å². The Balaban J connectivity index is 3.23. The summed E-state index contributed by atoms with van der Waals surface area (Å²) in [5, 5.41) is 0. The average molecular weight is 375 g/mol. The average Bonchev–Trinajstić information content (AvgIpc) is 2.48. The summed E-state index contributed by atoms with van der Waals surface area (Å²) in [5.41, 5.74) is 0. The monoisotopic (exact) mass is 374 g/mol. The fourth-order valence-electron chi connectivity index (χ4n) is 3.09. The molecule has 0 heterocycles. The van der Waals surface area contributed by atoms with E-state index < -0.39 is 6.83 Å². The van der Waals surface area contributed by atoms with E-state index in [1.165, 1.54) is 89.9 Å². The third kappa shape index (κ3) is 21.9. The van der Waals surface area contributed by atoms with Gasteiger partial charge >= 0.3 is 113 Å². The standard InChI is InChI=1S/C22H47O2P/c1-6-7-8-9-10-11-12-13-14-15-16-17-18-19-20-21-22(23)24-25(2,3,4)5/h6-21H2,1-5H3. The third-order valence-electron chi connectivity index (χ3n) is 4.45. The van der Waals surface area contributed by atoms with Gasteiger partial charge in [-0.2, -0.15) is 0 Å². The molecule has 0 rings (SSSR count). The van der Waals surface area contributed by atoms with E-state index in [4.69, 9.17) is 4.52 Å².